The van der Waals surface area contributed by atoms with E-state index in [1.807, 2.05) is 75.4 Å². The highest BCUT2D eigenvalue weighted by molar-refractivity contribution is 7.81. The number of nitrogens with one attached hydrogen (secondary N) is 7. The molecule has 1 heterocycles. The summed E-state index contributed by atoms with van der Waals surface area (Å²) in [5.41, 5.74) is 0.944. The largest absolute Gasteiger partial charge is 0.491 e. The van der Waals surface area contributed by atoms with E-state index in [0.29, 0.717) is 49.0 Å². The van der Waals surface area contributed by atoms with Gasteiger partial charge in [-0.1, -0.05) is 88.1 Å². The molecule has 74 heavy (non-hydrogen) atoms. The second kappa shape index (κ2) is 28.9. The molecule has 0 aliphatic rings. The summed E-state index contributed by atoms with van der Waals surface area (Å²) in [5.74, 6) is -4.27. The van der Waals surface area contributed by atoms with Gasteiger partial charge in [0.05, 0.1) is 19.1 Å². The maximum absolute atomic E-state index is 14.3. The predicted molar refractivity (Wildman–Crippen MR) is 275 cm³/mol. The van der Waals surface area contributed by atoms with E-state index in [2.05, 4.69) is 41.1 Å². The number of para-hydroxylation sites is 2. The maximum atomic E-state index is 14.3. The van der Waals surface area contributed by atoms with Crippen LogP contribution in [-0.2, 0) is 56.7 Å². The van der Waals surface area contributed by atoms with Crippen molar-refractivity contribution in [3.8, 4) is 11.5 Å². The van der Waals surface area contributed by atoms with Crippen LogP contribution in [0.3, 0.4) is 0 Å². The van der Waals surface area contributed by atoms with E-state index < -0.39 is 94.4 Å². The summed E-state index contributed by atoms with van der Waals surface area (Å²) >= 11 is 0. The van der Waals surface area contributed by atoms with Crippen molar-refractivity contribution in [2.45, 2.75) is 154 Å². The smallest absolute Gasteiger partial charge is 0.446 e. The third-order valence-corrected chi connectivity index (χ3v) is 11.9. The van der Waals surface area contributed by atoms with Gasteiger partial charge in [0.15, 0.2) is 0 Å². The van der Waals surface area contributed by atoms with Gasteiger partial charge >= 0.3 is 22.5 Å². The number of hydrogen-bond acceptors (Lipinski definition) is 12. The zero-order valence-electron chi connectivity index (χ0n) is 42.7. The van der Waals surface area contributed by atoms with Crippen LogP contribution < -0.4 is 40.8 Å². The zero-order valence-corrected chi connectivity index (χ0v) is 43.6. The third-order valence-electron chi connectivity index (χ3n) is 11.5. The topological polar surface area (TPSA) is 310 Å². The SMILES string of the molecule is CCCC[C@H](NC(=O)[C@H](Cc1ccc(OS(=O)(=O)O)cc1)NC(=O)OC(C)(C)C)C(=O)NCC(=O)N[C@@H](Cc1c[nH]c2ccccc12)C(=O)N[C@@H](CCCC)C(=O)N[C@@H](CCC(C)Oc1ccccc1)CC(=O)O. The minimum absolute atomic E-state index is 0.0316. The van der Waals surface area contributed by atoms with Crippen molar-refractivity contribution >= 4 is 62.9 Å². The number of aromatic nitrogens is 1. The van der Waals surface area contributed by atoms with E-state index >= 15 is 0 Å². The van der Waals surface area contributed by atoms with Gasteiger partial charge in [-0.15, -0.1) is 0 Å². The lowest BCUT2D eigenvalue weighted by atomic mass is 10.0. The number of carboxylic acid groups (broad SMARTS) is 1. The molecule has 0 fully saturated rings. The first kappa shape index (κ1) is 59.4. The number of carbonyl (C=O) groups excluding carboxylic acids is 6. The summed E-state index contributed by atoms with van der Waals surface area (Å²) in [6.07, 6.45) is 3.26. The van der Waals surface area contributed by atoms with E-state index in [1.165, 1.54) is 24.3 Å². The molecule has 21 nitrogen and oxygen atoms in total. The van der Waals surface area contributed by atoms with E-state index in [9.17, 15) is 47.1 Å². The predicted octanol–water partition coefficient (Wildman–Crippen LogP) is 5.19. The summed E-state index contributed by atoms with van der Waals surface area (Å²) in [7, 11) is -4.80. The van der Waals surface area contributed by atoms with Crippen molar-refractivity contribution in [3.63, 3.8) is 0 Å². The van der Waals surface area contributed by atoms with Crippen LogP contribution >= 0.6 is 0 Å². The van der Waals surface area contributed by atoms with Crippen molar-refractivity contribution in [2.75, 3.05) is 6.54 Å². The van der Waals surface area contributed by atoms with Gasteiger partial charge in [-0.2, -0.15) is 8.42 Å². The van der Waals surface area contributed by atoms with Crippen LogP contribution in [-0.4, -0.2) is 113 Å². The molecule has 404 valence electrons. The number of H-pyrrole nitrogens is 1. The Hall–Kier alpha value is -7.20. The van der Waals surface area contributed by atoms with Gasteiger partial charge in [0.2, 0.25) is 29.5 Å². The average Bonchev–Trinajstić information content (AvgIpc) is 3.74. The Morgan fingerprint density at radius 3 is 1.84 bits per heavy atom. The number of hydrogen-bond donors (Lipinski definition) is 9. The number of carbonyl (C=O) groups is 7. The van der Waals surface area contributed by atoms with Crippen LogP contribution in [0, 0.1) is 0 Å². The second-order valence-electron chi connectivity index (χ2n) is 19.0. The fourth-order valence-corrected chi connectivity index (χ4v) is 8.18. The molecule has 3 aromatic carbocycles. The number of alkyl carbamates (subject to hydrolysis) is 1. The number of unbranched alkanes of at least 4 members (excludes halogenated alkanes) is 2. The van der Waals surface area contributed by atoms with Crippen molar-refractivity contribution in [1.82, 2.24) is 36.9 Å². The molecule has 0 saturated heterocycles. The van der Waals surface area contributed by atoms with E-state index in [-0.39, 0.29) is 50.4 Å². The summed E-state index contributed by atoms with van der Waals surface area (Å²) in [6, 6.07) is 16.1. The first-order chi connectivity index (χ1) is 35.0. The molecule has 1 aromatic heterocycles. The fraction of sp³-hybridized carbons (Fsp3) is 0.481. The highest BCUT2D eigenvalue weighted by Crippen LogP contribution is 2.21. The minimum Gasteiger partial charge on any atom is -0.491 e. The van der Waals surface area contributed by atoms with Crippen LogP contribution in [0.5, 0.6) is 11.5 Å². The number of aromatic amines is 1. The molecule has 9 N–H and O–H groups in total. The van der Waals surface area contributed by atoms with Gasteiger partial charge in [0.1, 0.15) is 41.3 Å². The summed E-state index contributed by atoms with van der Waals surface area (Å²) in [6.45, 7) is 9.90. The van der Waals surface area contributed by atoms with Gasteiger partial charge < -0.3 is 55.6 Å². The molecule has 0 bridgehead atoms. The Kier molecular flexibility index (Phi) is 23.2. The van der Waals surface area contributed by atoms with Crippen LogP contribution in [0.15, 0.2) is 85.1 Å². The minimum atomic E-state index is -4.80. The molecule has 6 atom stereocenters. The van der Waals surface area contributed by atoms with Crippen LogP contribution in [0.25, 0.3) is 10.9 Å². The number of rotatable bonds is 30. The van der Waals surface area contributed by atoms with Crippen molar-refractivity contribution in [3.05, 3.63) is 96.2 Å². The van der Waals surface area contributed by atoms with Crippen LogP contribution in [0.2, 0.25) is 0 Å². The van der Waals surface area contributed by atoms with Gasteiger partial charge in [-0.25, -0.2) is 4.79 Å². The Bertz CT molecular complexity index is 2600. The number of carboxylic acids is 1. The molecule has 4 rings (SSSR count). The van der Waals surface area contributed by atoms with Crippen molar-refractivity contribution in [1.29, 1.82) is 0 Å². The molecule has 0 aliphatic carbocycles. The Morgan fingerprint density at radius 2 is 1.24 bits per heavy atom. The fourth-order valence-electron chi connectivity index (χ4n) is 7.83. The van der Waals surface area contributed by atoms with Gasteiger partial charge in [-0.3, -0.25) is 33.3 Å². The molecule has 6 amide bonds. The molecule has 4 aromatic rings. The normalized spacial score (nSPS) is 13.9. The van der Waals surface area contributed by atoms with E-state index in [0.717, 1.165) is 10.9 Å². The number of aliphatic carboxylic acids is 1. The molecule has 22 heteroatoms. The molecule has 0 spiro atoms. The van der Waals surface area contributed by atoms with Gasteiger partial charge in [0, 0.05) is 36.0 Å². The summed E-state index contributed by atoms with van der Waals surface area (Å²) in [5, 5.41) is 26.6. The summed E-state index contributed by atoms with van der Waals surface area (Å²) < 4.78 is 47.2. The summed E-state index contributed by atoms with van der Waals surface area (Å²) in [4.78, 5) is 97.8. The van der Waals surface area contributed by atoms with Crippen molar-refractivity contribution in [2.24, 2.45) is 0 Å². The highest BCUT2D eigenvalue weighted by atomic mass is 32.3. The van der Waals surface area contributed by atoms with Crippen molar-refractivity contribution < 1.29 is 65.3 Å². The zero-order chi connectivity index (χ0) is 54.4. The first-order valence-electron chi connectivity index (χ1n) is 24.7. The van der Waals surface area contributed by atoms with Crippen LogP contribution in [0.1, 0.15) is 110 Å². The van der Waals surface area contributed by atoms with Gasteiger partial charge in [0.25, 0.3) is 0 Å². The molecular formula is C52H71N7O14S. The molecular weight excluding hydrogens is 979 g/mol. The number of fused-ring (bicyclic) bond motifs is 1. The quantitative estimate of drug-likeness (QED) is 0.0304. The number of benzene rings is 3. The average molecular weight is 1050 g/mol. The maximum Gasteiger partial charge on any atom is 0.446 e. The molecule has 0 aliphatic heterocycles. The first-order valence-corrected chi connectivity index (χ1v) is 26.1. The second-order valence-corrected chi connectivity index (χ2v) is 20.0. The third kappa shape index (κ3) is 21.5. The van der Waals surface area contributed by atoms with E-state index in [1.54, 1.807) is 27.0 Å². The Labute approximate surface area is 432 Å². The number of amides is 6. The Balaban J connectivity index is 1.50. The van der Waals surface area contributed by atoms with Gasteiger partial charge in [-0.05, 0) is 94.8 Å². The molecule has 0 saturated carbocycles. The van der Waals surface area contributed by atoms with Crippen LogP contribution in [0.4, 0.5) is 4.79 Å². The lowest BCUT2D eigenvalue weighted by molar-refractivity contribution is -0.138. The molecule has 1 unspecified atom stereocenters. The standard InChI is InChI=1S/C52H71N7O14S/c1-7-9-19-41(57-49(65)43(59-51(67)72-52(4,5)6)28-34-23-26-38(27-24-34)73-74(68,69)70)47(63)54-32-45(60)56-44(29-35-31-53-40-21-15-14-18-39(35)40)50(66)58-42(20-10-8-2)48(64)55-36(30-46(61)62)25-22-33(3)71-37-16-12-11-13-17-37/h11-18,21,23-24,26-27,31,33,36,41-44,53H,7-10,19-20,22,25,28-30,32H2,1-6H3,(H,54,63)(H,55,64)(H,56,60)(H,57,65)(H,58,66)(H,59,67)(H,61,62)(H,68,69,70)/t33?,36-,41-,42-,43-,44-/m0/s1. The Morgan fingerprint density at radius 1 is 0.662 bits per heavy atom. The van der Waals surface area contributed by atoms with E-state index in [4.69, 9.17) is 14.0 Å². The lowest BCUT2D eigenvalue weighted by Crippen LogP contribution is -2.57. The monoisotopic (exact) mass is 1050 g/mol. The lowest BCUT2D eigenvalue weighted by Gasteiger charge is -2.26. The highest BCUT2D eigenvalue weighted by Gasteiger charge is 2.32. The number of ether oxygens (including phenoxy) is 2. The molecule has 0 radical (unpaired) electrons.